The minimum atomic E-state index is -4.77. The van der Waals surface area contributed by atoms with Gasteiger partial charge in [0.05, 0.1) is 16.2 Å². The van der Waals surface area contributed by atoms with Gasteiger partial charge in [0.1, 0.15) is 0 Å². The van der Waals surface area contributed by atoms with E-state index in [0.717, 1.165) is 22.9 Å². The molecule has 0 aliphatic rings. The summed E-state index contributed by atoms with van der Waals surface area (Å²) in [5.41, 5.74) is -1.56. The molecular weight excluding hydrogens is 379 g/mol. The van der Waals surface area contributed by atoms with E-state index in [2.05, 4.69) is 10.6 Å². The van der Waals surface area contributed by atoms with Gasteiger partial charge in [0.2, 0.25) is 0 Å². The number of nitrogens with one attached hydrogen (secondary N) is 2. The summed E-state index contributed by atoms with van der Waals surface area (Å²) in [5.74, 6) is 0. The third-order valence-corrected chi connectivity index (χ3v) is 4.01. The molecule has 0 bridgehead atoms. The number of non-ortho nitro benzene ring substituents is 1. The van der Waals surface area contributed by atoms with Crippen LogP contribution in [0.25, 0.3) is 10.8 Å². The quantitative estimate of drug-likeness (QED) is 0.347. The predicted octanol–water partition coefficient (Wildman–Crippen LogP) is 5.58. The number of rotatable bonds is 3. The maximum Gasteiger partial charge on any atom is 0.418 e. The Kier molecular flexibility index (Phi) is 4.95. The molecule has 0 radical (unpaired) electrons. The first-order valence-electron chi connectivity index (χ1n) is 7.67. The van der Waals surface area contributed by atoms with Crippen LogP contribution in [0.4, 0.5) is 30.2 Å². The number of thiocarbonyl (C=S) groups is 1. The molecule has 0 atom stereocenters. The van der Waals surface area contributed by atoms with E-state index in [1.165, 1.54) is 0 Å². The summed E-state index contributed by atoms with van der Waals surface area (Å²) in [4.78, 5) is 9.88. The Morgan fingerprint density at radius 1 is 0.963 bits per heavy atom. The maximum atomic E-state index is 13.3. The van der Waals surface area contributed by atoms with Crippen molar-refractivity contribution in [2.45, 2.75) is 6.18 Å². The lowest BCUT2D eigenvalue weighted by atomic mass is 10.1. The third kappa shape index (κ3) is 4.14. The summed E-state index contributed by atoms with van der Waals surface area (Å²) in [6, 6.07) is 15.3. The van der Waals surface area contributed by atoms with Crippen molar-refractivity contribution in [3.8, 4) is 0 Å². The lowest BCUT2D eigenvalue weighted by Gasteiger charge is -2.16. The normalized spacial score (nSPS) is 11.2. The minimum Gasteiger partial charge on any atom is -0.332 e. The number of halogens is 3. The fraction of sp³-hybridized carbons (Fsp3) is 0.0556. The maximum absolute atomic E-state index is 13.3. The van der Waals surface area contributed by atoms with Gasteiger partial charge in [-0.15, -0.1) is 0 Å². The Bertz CT molecular complexity index is 1030. The molecule has 0 saturated carbocycles. The largest absolute Gasteiger partial charge is 0.418 e. The molecule has 3 aromatic rings. The molecule has 5 nitrogen and oxygen atoms in total. The van der Waals surface area contributed by atoms with E-state index in [-0.39, 0.29) is 10.8 Å². The third-order valence-electron chi connectivity index (χ3n) is 3.81. The highest BCUT2D eigenvalue weighted by Gasteiger charge is 2.35. The topological polar surface area (TPSA) is 67.2 Å². The van der Waals surface area contributed by atoms with Crippen LogP contribution in [-0.4, -0.2) is 10.0 Å². The SMILES string of the molecule is O=[N+]([O-])c1ccc(NC(=S)Nc2cccc3ccccc23)c(C(F)(F)F)c1. The zero-order chi connectivity index (χ0) is 19.6. The first-order valence-corrected chi connectivity index (χ1v) is 8.08. The molecule has 0 amide bonds. The number of nitro groups is 1. The van der Waals surface area contributed by atoms with Crippen molar-refractivity contribution >= 4 is 45.2 Å². The van der Waals surface area contributed by atoms with Gasteiger partial charge in [0.25, 0.3) is 5.69 Å². The number of hydrogen-bond donors (Lipinski definition) is 2. The number of fused-ring (bicyclic) bond motifs is 1. The predicted molar refractivity (Wildman–Crippen MR) is 102 cm³/mol. The zero-order valence-corrected chi connectivity index (χ0v) is 14.4. The number of alkyl halides is 3. The summed E-state index contributed by atoms with van der Waals surface area (Å²) < 4.78 is 39.8. The molecule has 2 N–H and O–H groups in total. The number of hydrogen-bond acceptors (Lipinski definition) is 3. The molecule has 138 valence electrons. The first-order chi connectivity index (χ1) is 12.8. The fourth-order valence-electron chi connectivity index (χ4n) is 2.60. The average molecular weight is 391 g/mol. The standard InChI is InChI=1S/C18H12F3N3O2S/c19-18(20,21)14-10-12(24(25)26)8-9-16(14)23-17(27)22-15-7-3-5-11-4-1-2-6-13(11)15/h1-10H,(H2,22,23,27). The van der Waals surface area contributed by atoms with Gasteiger partial charge in [0, 0.05) is 23.2 Å². The first kappa shape index (κ1) is 18.6. The molecule has 3 rings (SSSR count). The lowest BCUT2D eigenvalue weighted by molar-refractivity contribution is -0.385. The number of anilines is 2. The van der Waals surface area contributed by atoms with Crippen LogP contribution in [0, 0.1) is 10.1 Å². The Morgan fingerprint density at radius 2 is 1.63 bits per heavy atom. The van der Waals surface area contributed by atoms with Gasteiger partial charge in [-0.1, -0.05) is 36.4 Å². The van der Waals surface area contributed by atoms with E-state index in [9.17, 15) is 23.3 Å². The van der Waals surface area contributed by atoms with Crippen molar-refractivity contribution in [2.75, 3.05) is 10.6 Å². The van der Waals surface area contributed by atoms with Crippen molar-refractivity contribution in [3.05, 3.63) is 76.3 Å². The number of nitrogens with zero attached hydrogens (tertiary/aromatic N) is 1. The second kappa shape index (κ2) is 7.20. The second-order valence-corrected chi connectivity index (χ2v) is 6.00. The molecular formula is C18H12F3N3O2S. The molecule has 0 heterocycles. The smallest absolute Gasteiger partial charge is 0.332 e. The van der Waals surface area contributed by atoms with E-state index in [0.29, 0.717) is 11.8 Å². The minimum absolute atomic E-state index is 0.0642. The highest BCUT2D eigenvalue weighted by molar-refractivity contribution is 7.80. The highest BCUT2D eigenvalue weighted by atomic mass is 32.1. The van der Waals surface area contributed by atoms with E-state index >= 15 is 0 Å². The van der Waals surface area contributed by atoms with Crippen LogP contribution in [0.15, 0.2) is 60.7 Å². The summed E-state index contributed by atoms with van der Waals surface area (Å²) in [7, 11) is 0. The van der Waals surface area contributed by atoms with Crippen LogP contribution in [0.3, 0.4) is 0 Å². The summed E-state index contributed by atoms with van der Waals surface area (Å²) in [5, 5.41) is 17.8. The Hall–Kier alpha value is -3.20. The van der Waals surface area contributed by atoms with Crippen molar-refractivity contribution in [1.29, 1.82) is 0 Å². The van der Waals surface area contributed by atoms with Gasteiger partial charge in [-0.25, -0.2) is 0 Å². The average Bonchev–Trinajstić information content (AvgIpc) is 2.61. The summed E-state index contributed by atoms with van der Waals surface area (Å²) in [6.07, 6.45) is -4.77. The molecule has 0 aliphatic carbocycles. The van der Waals surface area contributed by atoms with Crippen LogP contribution in [0.2, 0.25) is 0 Å². The van der Waals surface area contributed by atoms with E-state index in [4.69, 9.17) is 12.2 Å². The van der Waals surface area contributed by atoms with Crippen molar-refractivity contribution in [2.24, 2.45) is 0 Å². The number of nitro benzene ring substituents is 1. The van der Waals surface area contributed by atoms with E-state index in [1.54, 1.807) is 12.1 Å². The monoisotopic (exact) mass is 391 g/mol. The van der Waals surface area contributed by atoms with Crippen LogP contribution in [0.5, 0.6) is 0 Å². The molecule has 0 aromatic heterocycles. The highest BCUT2D eigenvalue weighted by Crippen LogP contribution is 2.37. The number of benzene rings is 3. The van der Waals surface area contributed by atoms with Gasteiger partial charge < -0.3 is 10.6 Å². The van der Waals surface area contributed by atoms with Crippen LogP contribution in [0.1, 0.15) is 5.56 Å². The molecule has 0 fully saturated rings. The second-order valence-electron chi connectivity index (χ2n) is 5.59. The molecule has 27 heavy (non-hydrogen) atoms. The van der Waals surface area contributed by atoms with Gasteiger partial charge in [-0.05, 0) is 29.7 Å². The van der Waals surface area contributed by atoms with Crippen LogP contribution < -0.4 is 10.6 Å². The fourth-order valence-corrected chi connectivity index (χ4v) is 2.82. The van der Waals surface area contributed by atoms with Gasteiger partial charge in [-0.3, -0.25) is 10.1 Å². The van der Waals surface area contributed by atoms with E-state index in [1.807, 2.05) is 30.3 Å². The van der Waals surface area contributed by atoms with Crippen molar-refractivity contribution in [3.63, 3.8) is 0 Å². The van der Waals surface area contributed by atoms with Crippen molar-refractivity contribution in [1.82, 2.24) is 0 Å². The van der Waals surface area contributed by atoms with Gasteiger partial charge >= 0.3 is 6.18 Å². The molecule has 0 spiro atoms. The summed E-state index contributed by atoms with van der Waals surface area (Å²) in [6.45, 7) is 0. The Labute approximate surface area is 157 Å². The van der Waals surface area contributed by atoms with Gasteiger partial charge in [-0.2, -0.15) is 13.2 Å². The van der Waals surface area contributed by atoms with Crippen LogP contribution >= 0.6 is 12.2 Å². The van der Waals surface area contributed by atoms with E-state index < -0.39 is 22.4 Å². The van der Waals surface area contributed by atoms with Crippen LogP contribution in [-0.2, 0) is 6.18 Å². The Morgan fingerprint density at radius 3 is 2.33 bits per heavy atom. The molecule has 0 saturated heterocycles. The summed E-state index contributed by atoms with van der Waals surface area (Å²) >= 11 is 5.12. The Balaban J connectivity index is 1.88. The van der Waals surface area contributed by atoms with Gasteiger partial charge in [0.15, 0.2) is 5.11 Å². The molecule has 0 aliphatic heterocycles. The van der Waals surface area contributed by atoms with Crippen molar-refractivity contribution < 1.29 is 18.1 Å². The molecule has 3 aromatic carbocycles. The zero-order valence-electron chi connectivity index (χ0n) is 13.6. The molecule has 0 unspecified atom stereocenters. The molecule has 9 heteroatoms. The lowest BCUT2D eigenvalue weighted by Crippen LogP contribution is -2.21.